The van der Waals surface area contributed by atoms with Crippen LogP contribution >= 0.6 is 15.9 Å². The van der Waals surface area contributed by atoms with Crippen molar-refractivity contribution in [1.82, 2.24) is 10.9 Å². The molecule has 0 saturated carbocycles. The Labute approximate surface area is 126 Å². The van der Waals surface area contributed by atoms with Crippen LogP contribution in [0.15, 0.2) is 46.4 Å². The zero-order chi connectivity index (χ0) is 14.3. The summed E-state index contributed by atoms with van der Waals surface area (Å²) < 4.78 is 1.05. The molecule has 3 nitrogen and oxygen atoms in total. The number of carbonyl (C=O) groups is 1. The lowest BCUT2D eigenvalue weighted by molar-refractivity contribution is -0.116. The summed E-state index contributed by atoms with van der Waals surface area (Å²) >= 11 is 3.48. The summed E-state index contributed by atoms with van der Waals surface area (Å²) in [6.07, 6.45) is 1.96. The summed E-state index contributed by atoms with van der Waals surface area (Å²) in [7, 11) is 0. The molecule has 0 spiro atoms. The minimum atomic E-state index is -0.366. The molecule has 102 valence electrons. The highest BCUT2D eigenvalue weighted by atomic mass is 79.9. The molecule has 20 heavy (non-hydrogen) atoms. The molecule has 1 aliphatic rings. The lowest BCUT2D eigenvalue weighted by Crippen LogP contribution is -2.38. The first-order valence-corrected chi connectivity index (χ1v) is 7.25. The van der Waals surface area contributed by atoms with Gasteiger partial charge in [-0.1, -0.05) is 40.2 Å². The topological polar surface area (TPSA) is 41.1 Å². The predicted molar refractivity (Wildman–Crippen MR) is 85.0 cm³/mol. The van der Waals surface area contributed by atoms with Gasteiger partial charge in [0.05, 0.1) is 5.54 Å². The third-order valence-corrected chi connectivity index (χ3v) is 4.08. The van der Waals surface area contributed by atoms with Crippen LogP contribution in [0.5, 0.6) is 0 Å². The highest BCUT2D eigenvalue weighted by molar-refractivity contribution is 9.10. The van der Waals surface area contributed by atoms with Crippen LogP contribution in [0.4, 0.5) is 0 Å². The van der Waals surface area contributed by atoms with Crippen molar-refractivity contribution in [1.29, 1.82) is 0 Å². The minimum absolute atomic E-state index is 0.0656. The van der Waals surface area contributed by atoms with Crippen LogP contribution in [0, 0.1) is 0 Å². The third-order valence-electron chi connectivity index (χ3n) is 3.58. The molecule has 0 bridgehead atoms. The van der Waals surface area contributed by atoms with E-state index in [0.29, 0.717) is 0 Å². The number of fused-ring (bicyclic) bond motifs is 1. The third kappa shape index (κ3) is 2.25. The van der Waals surface area contributed by atoms with Gasteiger partial charge >= 0.3 is 0 Å². The molecule has 1 heterocycles. The molecule has 2 aromatic rings. The van der Waals surface area contributed by atoms with Crippen molar-refractivity contribution in [3.63, 3.8) is 0 Å². The first kappa shape index (κ1) is 13.3. The fraction of sp³-hybridized carbons (Fsp3) is 0.188. The van der Waals surface area contributed by atoms with Crippen molar-refractivity contribution in [2.24, 2.45) is 0 Å². The Hall–Kier alpha value is -1.65. The predicted octanol–water partition coefficient (Wildman–Crippen LogP) is 3.40. The van der Waals surface area contributed by atoms with Gasteiger partial charge in [-0.3, -0.25) is 10.2 Å². The summed E-state index contributed by atoms with van der Waals surface area (Å²) in [5, 5.41) is 2.29. The Morgan fingerprint density at radius 2 is 2.00 bits per heavy atom. The van der Waals surface area contributed by atoms with E-state index in [1.165, 1.54) is 0 Å². The van der Waals surface area contributed by atoms with Gasteiger partial charge in [-0.05, 0) is 48.4 Å². The van der Waals surface area contributed by atoms with Crippen LogP contribution in [0.3, 0.4) is 0 Å². The van der Waals surface area contributed by atoms with E-state index in [4.69, 9.17) is 0 Å². The first-order valence-electron chi connectivity index (χ1n) is 6.45. The second-order valence-electron chi connectivity index (χ2n) is 5.47. The molecule has 1 aliphatic heterocycles. The average molecular weight is 331 g/mol. The summed E-state index contributed by atoms with van der Waals surface area (Å²) in [6, 6.07) is 12.3. The van der Waals surface area contributed by atoms with Gasteiger partial charge in [0.15, 0.2) is 0 Å². The van der Waals surface area contributed by atoms with Crippen molar-refractivity contribution < 1.29 is 4.79 Å². The molecular weight excluding hydrogens is 316 g/mol. The number of hydrogen-bond donors (Lipinski definition) is 2. The molecule has 0 atom stereocenters. The number of hydrogen-bond acceptors (Lipinski definition) is 2. The average Bonchev–Trinajstić information content (AvgIpc) is 2.65. The maximum atomic E-state index is 11.9. The van der Waals surface area contributed by atoms with Gasteiger partial charge in [0.1, 0.15) is 0 Å². The highest BCUT2D eigenvalue weighted by Crippen LogP contribution is 2.28. The molecule has 0 aromatic heterocycles. The number of amides is 1. The van der Waals surface area contributed by atoms with Crippen molar-refractivity contribution in [3.8, 4) is 0 Å². The molecule has 0 aliphatic carbocycles. The molecule has 1 amide bonds. The molecule has 2 aromatic carbocycles. The number of rotatable bonds is 1. The molecule has 0 unspecified atom stereocenters. The van der Waals surface area contributed by atoms with E-state index in [1.807, 2.05) is 38.1 Å². The molecule has 1 fully saturated rings. The molecule has 3 rings (SSSR count). The second kappa shape index (κ2) is 4.72. The maximum absolute atomic E-state index is 11.9. The van der Waals surface area contributed by atoms with E-state index >= 15 is 0 Å². The Morgan fingerprint density at radius 1 is 1.20 bits per heavy atom. The summed E-state index contributed by atoms with van der Waals surface area (Å²) in [5.74, 6) is -0.0656. The van der Waals surface area contributed by atoms with E-state index < -0.39 is 0 Å². The van der Waals surface area contributed by atoms with Gasteiger partial charge in [-0.15, -0.1) is 0 Å². The molecule has 4 heteroatoms. The van der Waals surface area contributed by atoms with Crippen LogP contribution in [0.25, 0.3) is 16.8 Å². The summed E-state index contributed by atoms with van der Waals surface area (Å²) in [5.41, 5.74) is 7.10. The van der Waals surface area contributed by atoms with Gasteiger partial charge in [0.25, 0.3) is 5.91 Å². The van der Waals surface area contributed by atoms with E-state index in [1.54, 1.807) is 0 Å². The van der Waals surface area contributed by atoms with Crippen molar-refractivity contribution >= 4 is 38.7 Å². The minimum Gasteiger partial charge on any atom is -0.287 e. The second-order valence-corrected chi connectivity index (χ2v) is 6.39. The Bertz CT molecular complexity index is 734. The fourth-order valence-corrected chi connectivity index (χ4v) is 2.82. The summed E-state index contributed by atoms with van der Waals surface area (Å²) in [4.78, 5) is 11.9. The van der Waals surface area contributed by atoms with Crippen molar-refractivity contribution in [3.05, 3.63) is 52.0 Å². The first-order chi connectivity index (χ1) is 9.47. The standard InChI is InChI=1S/C16H15BrN2O/c1-16(2)14(15(20)18-19-16)9-11-5-3-4-10-8-12(17)6-7-13(10)11/h3-9,19H,1-2H3,(H,18,20)/b14-9+. The number of carbonyl (C=O) groups excluding carboxylic acids is 1. The summed E-state index contributed by atoms with van der Waals surface area (Å²) in [6.45, 7) is 3.97. The highest BCUT2D eigenvalue weighted by Gasteiger charge is 2.34. The van der Waals surface area contributed by atoms with E-state index in [0.717, 1.165) is 26.4 Å². The van der Waals surface area contributed by atoms with Crippen LogP contribution in [0.2, 0.25) is 0 Å². The largest absolute Gasteiger partial charge is 0.287 e. The fourth-order valence-electron chi connectivity index (χ4n) is 2.44. The van der Waals surface area contributed by atoms with Gasteiger partial charge in [-0.25, -0.2) is 5.43 Å². The maximum Gasteiger partial charge on any atom is 0.263 e. The Balaban J connectivity index is 2.18. The molecule has 2 N–H and O–H groups in total. The Kier molecular flexibility index (Phi) is 3.15. The lowest BCUT2D eigenvalue weighted by atomic mass is 9.92. The SMILES string of the molecule is CC1(C)NNC(=O)/C1=C\c1cccc2cc(Br)ccc12. The zero-order valence-corrected chi connectivity index (χ0v) is 12.9. The number of halogens is 1. The normalized spacial score (nSPS) is 19.6. The van der Waals surface area contributed by atoms with Gasteiger partial charge in [-0.2, -0.15) is 0 Å². The lowest BCUT2D eigenvalue weighted by Gasteiger charge is -2.17. The van der Waals surface area contributed by atoms with Gasteiger partial charge in [0.2, 0.25) is 0 Å². The molecule has 1 saturated heterocycles. The number of nitrogens with one attached hydrogen (secondary N) is 2. The Morgan fingerprint density at radius 3 is 2.70 bits per heavy atom. The monoisotopic (exact) mass is 330 g/mol. The van der Waals surface area contributed by atoms with E-state index in [2.05, 4.69) is 45.0 Å². The van der Waals surface area contributed by atoms with Gasteiger partial charge in [0, 0.05) is 10.0 Å². The molecular formula is C16H15BrN2O. The van der Waals surface area contributed by atoms with Crippen LogP contribution in [-0.2, 0) is 4.79 Å². The van der Waals surface area contributed by atoms with Gasteiger partial charge < -0.3 is 0 Å². The quantitative estimate of drug-likeness (QED) is 0.787. The zero-order valence-electron chi connectivity index (χ0n) is 11.3. The number of hydrazine groups is 1. The number of benzene rings is 2. The van der Waals surface area contributed by atoms with Crippen LogP contribution in [-0.4, -0.2) is 11.4 Å². The smallest absolute Gasteiger partial charge is 0.263 e. The van der Waals surface area contributed by atoms with Crippen molar-refractivity contribution in [2.75, 3.05) is 0 Å². The van der Waals surface area contributed by atoms with E-state index in [-0.39, 0.29) is 11.4 Å². The van der Waals surface area contributed by atoms with Crippen molar-refractivity contribution in [2.45, 2.75) is 19.4 Å². The van der Waals surface area contributed by atoms with E-state index in [9.17, 15) is 4.79 Å². The molecule has 0 radical (unpaired) electrons. The van der Waals surface area contributed by atoms with Crippen LogP contribution in [0.1, 0.15) is 19.4 Å². The van der Waals surface area contributed by atoms with Crippen LogP contribution < -0.4 is 10.9 Å².